The van der Waals surface area contributed by atoms with Gasteiger partial charge in [0.15, 0.2) is 5.78 Å². The molecule has 0 fully saturated rings. The van der Waals surface area contributed by atoms with E-state index in [4.69, 9.17) is 0 Å². The van der Waals surface area contributed by atoms with E-state index in [9.17, 15) is 4.79 Å². The van der Waals surface area contributed by atoms with Gasteiger partial charge in [0.25, 0.3) is 0 Å². The lowest BCUT2D eigenvalue weighted by Gasteiger charge is -2.16. The number of hydrogen-bond acceptors (Lipinski definition) is 5. The Bertz CT molecular complexity index is 1070. The molecule has 27 heavy (non-hydrogen) atoms. The van der Waals surface area contributed by atoms with Crippen LogP contribution >= 0.6 is 11.8 Å². The van der Waals surface area contributed by atoms with Crippen LogP contribution in [0.25, 0.3) is 10.9 Å². The second-order valence-electron chi connectivity index (χ2n) is 6.52. The number of fused-ring (bicyclic) bond motifs is 1. The van der Waals surface area contributed by atoms with E-state index >= 15 is 0 Å². The van der Waals surface area contributed by atoms with Crippen molar-refractivity contribution in [1.82, 2.24) is 25.2 Å². The van der Waals surface area contributed by atoms with Crippen LogP contribution in [0.4, 0.5) is 0 Å². The molecule has 136 valence electrons. The minimum Gasteiger partial charge on any atom is -0.360 e. The molecule has 4 rings (SSSR count). The fourth-order valence-corrected chi connectivity index (χ4v) is 4.19. The lowest BCUT2D eigenvalue weighted by Crippen LogP contribution is -2.12. The number of aromatic nitrogens is 5. The first-order valence-electron chi connectivity index (χ1n) is 8.75. The minimum absolute atomic E-state index is 0.0296. The molecule has 2 aromatic carbocycles. The summed E-state index contributed by atoms with van der Waals surface area (Å²) in [4.78, 5) is 16.7. The van der Waals surface area contributed by atoms with Gasteiger partial charge in [-0.05, 0) is 35.9 Å². The van der Waals surface area contributed by atoms with Crippen molar-refractivity contribution in [3.63, 3.8) is 0 Å². The van der Waals surface area contributed by atoms with Crippen molar-refractivity contribution >= 4 is 28.4 Å². The summed E-state index contributed by atoms with van der Waals surface area (Å²) in [5.74, 6) is 0.0296. The standard InChI is InChI=1S/C20H19N5OS/c1-13(2)25-20(22-23-24-25)27-19(14-8-4-3-5-9-14)18(26)16-12-21-17-11-7-6-10-15(16)17/h3-13,19,21H,1-2H3/t19-/m1/s1. The number of thioether (sulfide) groups is 1. The highest BCUT2D eigenvalue weighted by Gasteiger charge is 2.28. The van der Waals surface area contributed by atoms with Gasteiger partial charge in [0.2, 0.25) is 5.16 Å². The number of carbonyl (C=O) groups excluding carboxylic acids is 1. The second-order valence-corrected chi connectivity index (χ2v) is 7.59. The summed E-state index contributed by atoms with van der Waals surface area (Å²) in [5.41, 5.74) is 2.55. The third-order valence-electron chi connectivity index (χ3n) is 4.37. The Morgan fingerprint density at radius 1 is 1.07 bits per heavy atom. The van der Waals surface area contributed by atoms with Crippen molar-refractivity contribution < 1.29 is 4.79 Å². The van der Waals surface area contributed by atoms with Crippen LogP contribution in [-0.2, 0) is 0 Å². The number of Topliss-reactive ketones (excluding diaryl/α,β-unsaturated/α-hetero) is 1. The van der Waals surface area contributed by atoms with E-state index in [1.54, 1.807) is 10.9 Å². The summed E-state index contributed by atoms with van der Waals surface area (Å²) >= 11 is 1.38. The zero-order valence-electron chi connectivity index (χ0n) is 15.0. The maximum atomic E-state index is 13.5. The molecule has 0 bridgehead atoms. The average Bonchev–Trinajstić information content (AvgIpc) is 3.33. The summed E-state index contributed by atoms with van der Waals surface area (Å²) in [6.07, 6.45) is 1.79. The molecule has 0 spiro atoms. The van der Waals surface area contributed by atoms with Crippen molar-refractivity contribution in [2.75, 3.05) is 0 Å². The Morgan fingerprint density at radius 2 is 1.81 bits per heavy atom. The largest absolute Gasteiger partial charge is 0.360 e. The first-order chi connectivity index (χ1) is 13.1. The number of tetrazole rings is 1. The summed E-state index contributed by atoms with van der Waals surface area (Å²) < 4.78 is 1.74. The summed E-state index contributed by atoms with van der Waals surface area (Å²) in [5, 5.41) is 13.1. The molecule has 1 atom stereocenters. The normalized spacial score (nSPS) is 12.6. The van der Waals surface area contributed by atoms with Gasteiger partial charge >= 0.3 is 0 Å². The van der Waals surface area contributed by atoms with Gasteiger partial charge in [-0.2, -0.15) is 0 Å². The van der Waals surface area contributed by atoms with Crippen molar-refractivity contribution in [1.29, 1.82) is 0 Å². The highest BCUT2D eigenvalue weighted by Crippen LogP contribution is 2.38. The van der Waals surface area contributed by atoms with E-state index in [1.165, 1.54) is 11.8 Å². The highest BCUT2D eigenvalue weighted by atomic mass is 32.2. The Hall–Kier alpha value is -2.93. The van der Waals surface area contributed by atoms with Crippen LogP contribution in [0.15, 0.2) is 66.0 Å². The van der Waals surface area contributed by atoms with Crippen LogP contribution < -0.4 is 0 Å². The van der Waals surface area contributed by atoms with Crippen LogP contribution in [0.5, 0.6) is 0 Å². The lowest BCUT2D eigenvalue weighted by atomic mass is 10.0. The fourth-order valence-electron chi connectivity index (χ4n) is 3.01. The maximum Gasteiger partial charge on any atom is 0.210 e. The quantitative estimate of drug-likeness (QED) is 0.397. The smallest absolute Gasteiger partial charge is 0.210 e. The molecule has 7 heteroatoms. The van der Waals surface area contributed by atoms with Gasteiger partial charge in [0.1, 0.15) is 5.25 Å². The van der Waals surface area contributed by atoms with Crippen LogP contribution in [0.1, 0.15) is 41.1 Å². The molecule has 0 aliphatic heterocycles. The monoisotopic (exact) mass is 377 g/mol. The van der Waals surface area contributed by atoms with Gasteiger partial charge in [-0.15, -0.1) is 5.10 Å². The van der Waals surface area contributed by atoms with Crippen molar-refractivity contribution in [3.8, 4) is 0 Å². The van der Waals surface area contributed by atoms with E-state index in [1.807, 2.05) is 68.4 Å². The van der Waals surface area contributed by atoms with E-state index in [2.05, 4.69) is 20.5 Å². The molecule has 6 nitrogen and oxygen atoms in total. The van der Waals surface area contributed by atoms with Crippen molar-refractivity contribution in [3.05, 3.63) is 71.9 Å². The fraction of sp³-hybridized carbons (Fsp3) is 0.200. The summed E-state index contributed by atoms with van der Waals surface area (Å²) in [7, 11) is 0. The number of nitrogens with one attached hydrogen (secondary N) is 1. The number of H-pyrrole nitrogens is 1. The number of para-hydroxylation sites is 1. The molecule has 0 saturated carbocycles. The Labute approximate surface area is 161 Å². The summed E-state index contributed by atoms with van der Waals surface area (Å²) in [6.45, 7) is 4.03. The predicted octanol–water partition coefficient (Wildman–Crippen LogP) is 4.45. The van der Waals surface area contributed by atoms with Gasteiger partial charge < -0.3 is 4.98 Å². The zero-order chi connectivity index (χ0) is 18.8. The van der Waals surface area contributed by atoms with Crippen molar-refractivity contribution in [2.24, 2.45) is 0 Å². The number of ketones is 1. The molecule has 0 saturated heterocycles. The van der Waals surface area contributed by atoms with Crippen molar-refractivity contribution in [2.45, 2.75) is 30.3 Å². The highest BCUT2D eigenvalue weighted by molar-refractivity contribution is 8.00. The van der Waals surface area contributed by atoms with Gasteiger partial charge in [0.05, 0.1) is 6.04 Å². The maximum absolute atomic E-state index is 13.5. The molecule has 0 aliphatic carbocycles. The SMILES string of the molecule is CC(C)n1nnnc1S[C@@H](C(=O)c1c[nH]c2ccccc12)c1ccccc1. The first-order valence-corrected chi connectivity index (χ1v) is 9.63. The molecule has 0 radical (unpaired) electrons. The number of nitrogens with zero attached hydrogens (tertiary/aromatic N) is 4. The molecular formula is C20H19N5OS. The van der Waals surface area contributed by atoms with E-state index in [0.717, 1.165) is 16.5 Å². The molecule has 2 aromatic heterocycles. The second kappa shape index (κ2) is 7.36. The average molecular weight is 377 g/mol. The summed E-state index contributed by atoms with van der Waals surface area (Å²) in [6, 6.07) is 17.7. The Kier molecular flexibility index (Phi) is 4.77. The topological polar surface area (TPSA) is 76.5 Å². The minimum atomic E-state index is -0.436. The molecule has 2 heterocycles. The van der Waals surface area contributed by atoms with Crippen LogP contribution in [0.2, 0.25) is 0 Å². The molecule has 4 aromatic rings. The number of hydrogen-bond donors (Lipinski definition) is 1. The number of aromatic amines is 1. The van der Waals surface area contributed by atoms with Gasteiger partial charge in [-0.25, -0.2) is 4.68 Å². The predicted molar refractivity (Wildman–Crippen MR) is 106 cm³/mol. The molecule has 0 unspecified atom stereocenters. The number of benzene rings is 2. The van der Waals surface area contributed by atoms with Crippen LogP contribution in [0, 0.1) is 0 Å². The third-order valence-corrected chi connectivity index (χ3v) is 5.57. The van der Waals surface area contributed by atoms with E-state index in [-0.39, 0.29) is 11.8 Å². The third kappa shape index (κ3) is 3.38. The Balaban J connectivity index is 1.76. The number of rotatable bonds is 6. The van der Waals surface area contributed by atoms with Gasteiger partial charge in [-0.1, -0.05) is 60.3 Å². The Morgan fingerprint density at radius 3 is 2.59 bits per heavy atom. The van der Waals surface area contributed by atoms with Gasteiger partial charge in [0, 0.05) is 22.7 Å². The molecular weight excluding hydrogens is 358 g/mol. The lowest BCUT2D eigenvalue weighted by molar-refractivity contribution is 0.0991. The van der Waals surface area contributed by atoms with Crippen LogP contribution in [-0.4, -0.2) is 31.0 Å². The zero-order valence-corrected chi connectivity index (χ0v) is 15.9. The van der Waals surface area contributed by atoms with Crippen LogP contribution in [0.3, 0.4) is 0 Å². The molecule has 0 aliphatic rings. The van der Waals surface area contributed by atoms with E-state index in [0.29, 0.717) is 10.7 Å². The molecule has 0 amide bonds. The van der Waals surface area contributed by atoms with E-state index < -0.39 is 5.25 Å². The molecule has 1 N–H and O–H groups in total. The first kappa shape index (κ1) is 17.5. The van der Waals surface area contributed by atoms with Gasteiger partial charge in [-0.3, -0.25) is 4.79 Å². The number of carbonyl (C=O) groups is 1.